The third-order valence-electron chi connectivity index (χ3n) is 7.01. The van der Waals surface area contributed by atoms with Crippen molar-refractivity contribution in [2.75, 3.05) is 0 Å². The van der Waals surface area contributed by atoms with Crippen molar-refractivity contribution in [3.05, 3.63) is 42.0 Å². The first-order chi connectivity index (χ1) is 10.5. The smallest absolute Gasteiger partial charge is 0.115 e. The van der Waals surface area contributed by atoms with Crippen molar-refractivity contribution >= 4 is 0 Å². The second-order valence-corrected chi connectivity index (χ2v) is 7.92. The zero-order valence-electron chi connectivity index (χ0n) is 13.3. The molecule has 3 aliphatic carbocycles. The van der Waals surface area contributed by atoms with Gasteiger partial charge in [-0.3, -0.25) is 0 Å². The van der Waals surface area contributed by atoms with Crippen molar-refractivity contribution in [2.24, 2.45) is 23.2 Å². The zero-order valence-corrected chi connectivity index (χ0v) is 13.3. The number of aliphatic hydroxyl groups is 1. The monoisotopic (exact) mass is 298 g/mol. The Hall–Kier alpha value is -1.28. The minimum Gasteiger partial charge on any atom is -0.508 e. The normalized spacial score (nSPS) is 43.1. The van der Waals surface area contributed by atoms with E-state index < -0.39 is 0 Å². The van der Waals surface area contributed by atoms with Gasteiger partial charge in [-0.05, 0) is 84.5 Å². The average molecular weight is 298 g/mol. The highest BCUT2D eigenvalue weighted by Crippen LogP contribution is 2.62. The maximum atomic E-state index is 10.6. The maximum absolute atomic E-state index is 10.6. The molecule has 2 heteroatoms. The molecule has 118 valence electrons. The first-order valence-electron chi connectivity index (χ1n) is 8.67. The Morgan fingerprint density at radius 3 is 2.86 bits per heavy atom. The molecule has 0 aliphatic heterocycles. The molecule has 0 aromatic heterocycles. The lowest BCUT2D eigenvalue weighted by molar-refractivity contribution is -0.0383. The lowest BCUT2D eigenvalue weighted by Crippen LogP contribution is -2.47. The summed E-state index contributed by atoms with van der Waals surface area (Å²) < 4.78 is 0. The molecule has 3 aliphatic rings. The summed E-state index contributed by atoms with van der Waals surface area (Å²) in [4.78, 5) is 0. The molecule has 1 aromatic carbocycles. The number of hydrogen-bond donors (Lipinski definition) is 2. The van der Waals surface area contributed by atoms with Gasteiger partial charge in [0.2, 0.25) is 0 Å². The van der Waals surface area contributed by atoms with Crippen LogP contribution in [0.1, 0.15) is 49.7 Å². The van der Waals surface area contributed by atoms with Crippen molar-refractivity contribution < 1.29 is 10.2 Å². The van der Waals surface area contributed by atoms with Crippen molar-refractivity contribution in [3.8, 4) is 5.75 Å². The Morgan fingerprint density at radius 2 is 2.09 bits per heavy atom. The van der Waals surface area contributed by atoms with Crippen LogP contribution in [-0.4, -0.2) is 16.3 Å². The highest BCUT2D eigenvalue weighted by molar-refractivity contribution is 5.41. The van der Waals surface area contributed by atoms with Crippen LogP contribution in [-0.2, 0) is 6.42 Å². The molecule has 0 amide bonds. The first kappa shape index (κ1) is 14.3. The maximum Gasteiger partial charge on any atom is 0.115 e. The molecule has 0 heterocycles. The summed E-state index contributed by atoms with van der Waals surface area (Å²) in [6.45, 7) is 6.41. The SMILES string of the molecule is C=C[C@H]1C[C@]2(C)[C@@H](O)CC[C@H]2[C@@H]2CCc3cc(O)ccc3[C@H]21. The summed E-state index contributed by atoms with van der Waals surface area (Å²) in [6, 6.07) is 5.91. The van der Waals surface area contributed by atoms with E-state index in [-0.39, 0.29) is 11.5 Å². The molecule has 0 spiro atoms. The number of aliphatic hydroxyl groups excluding tert-OH is 1. The number of fused-ring (bicyclic) bond motifs is 5. The van der Waals surface area contributed by atoms with Crippen LogP contribution in [0.2, 0.25) is 0 Å². The van der Waals surface area contributed by atoms with Gasteiger partial charge in [-0.2, -0.15) is 0 Å². The minimum absolute atomic E-state index is 0.0639. The molecular formula is C20H26O2. The molecule has 2 saturated carbocycles. The number of allylic oxidation sites excluding steroid dienone is 1. The van der Waals surface area contributed by atoms with Crippen molar-refractivity contribution in [3.63, 3.8) is 0 Å². The van der Waals surface area contributed by atoms with E-state index in [1.807, 2.05) is 12.1 Å². The lowest BCUT2D eigenvalue weighted by atomic mass is 9.52. The Kier molecular flexibility index (Phi) is 3.16. The Bertz CT molecular complexity index is 608. The molecule has 6 atom stereocenters. The predicted molar refractivity (Wildman–Crippen MR) is 87.8 cm³/mol. The molecule has 1 aromatic rings. The van der Waals surface area contributed by atoms with E-state index in [2.05, 4.69) is 25.6 Å². The number of benzene rings is 1. The highest BCUT2D eigenvalue weighted by atomic mass is 16.3. The van der Waals surface area contributed by atoms with Gasteiger partial charge in [0.1, 0.15) is 5.75 Å². The Labute approximate surface area is 132 Å². The summed E-state index contributed by atoms with van der Waals surface area (Å²) in [6.07, 6.45) is 7.36. The number of hydrogen-bond acceptors (Lipinski definition) is 2. The van der Waals surface area contributed by atoms with Crippen LogP contribution in [0.15, 0.2) is 30.9 Å². The van der Waals surface area contributed by atoms with Gasteiger partial charge < -0.3 is 10.2 Å². The van der Waals surface area contributed by atoms with Crippen molar-refractivity contribution in [2.45, 2.75) is 51.0 Å². The first-order valence-corrected chi connectivity index (χ1v) is 8.67. The largest absolute Gasteiger partial charge is 0.508 e. The fraction of sp³-hybridized carbons (Fsp3) is 0.600. The Balaban J connectivity index is 1.79. The molecule has 0 unspecified atom stereocenters. The zero-order chi connectivity index (χ0) is 15.5. The molecule has 0 bridgehead atoms. The van der Waals surface area contributed by atoms with Crippen LogP contribution in [0.3, 0.4) is 0 Å². The second kappa shape index (κ2) is 4.86. The van der Waals surface area contributed by atoms with E-state index >= 15 is 0 Å². The number of aromatic hydroxyl groups is 1. The summed E-state index contributed by atoms with van der Waals surface area (Å²) in [5.74, 6) is 2.61. The van der Waals surface area contributed by atoms with Gasteiger partial charge in [-0.15, -0.1) is 6.58 Å². The van der Waals surface area contributed by atoms with Gasteiger partial charge in [0.15, 0.2) is 0 Å². The molecule has 22 heavy (non-hydrogen) atoms. The van der Waals surface area contributed by atoms with Crippen LogP contribution in [0, 0.1) is 23.2 Å². The molecule has 4 rings (SSSR count). The Morgan fingerprint density at radius 1 is 1.27 bits per heavy atom. The van der Waals surface area contributed by atoms with Gasteiger partial charge in [-0.1, -0.05) is 19.1 Å². The standard InChI is InChI=1S/C20H26O2/c1-3-12-11-20(2)17(8-9-18(20)22)16-6-4-13-10-14(21)5-7-15(13)19(12)16/h3,5,7,10,12,16-19,21-22H,1,4,6,8-9,11H2,2H3/t12-,16-,17-,18-,19+,20-/m0/s1. The predicted octanol–water partition coefficient (Wildman–Crippen LogP) is 4.02. The topological polar surface area (TPSA) is 40.5 Å². The molecule has 2 nitrogen and oxygen atoms in total. The average Bonchev–Trinajstić information content (AvgIpc) is 2.81. The van der Waals surface area contributed by atoms with Crippen LogP contribution >= 0.6 is 0 Å². The van der Waals surface area contributed by atoms with E-state index in [1.54, 1.807) is 0 Å². The van der Waals surface area contributed by atoms with Gasteiger partial charge in [-0.25, -0.2) is 0 Å². The van der Waals surface area contributed by atoms with Crippen LogP contribution in [0.4, 0.5) is 0 Å². The van der Waals surface area contributed by atoms with E-state index in [0.29, 0.717) is 29.4 Å². The number of rotatable bonds is 1. The fourth-order valence-electron chi connectivity index (χ4n) is 5.97. The molecular weight excluding hydrogens is 272 g/mol. The summed E-state index contributed by atoms with van der Waals surface area (Å²) in [7, 11) is 0. The lowest BCUT2D eigenvalue weighted by Gasteiger charge is -2.53. The quantitative estimate of drug-likeness (QED) is 0.769. The summed E-state index contributed by atoms with van der Waals surface area (Å²) in [5.41, 5.74) is 2.80. The molecule has 0 saturated heterocycles. The van der Waals surface area contributed by atoms with Crippen LogP contribution in [0.5, 0.6) is 5.75 Å². The number of phenolic OH excluding ortho intramolecular Hbond substituents is 1. The van der Waals surface area contributed by atoms with E-state index in [1.165, 1.54) is 17.5 Å². The number of aryl methyl sites for hydroxylation is 1. The van der Waals surface area contributed by atoms with Gasteiger partial charge in [0.05, 0.1) is 6.10 Å². The third-order valence-corrected chi connectivity index (χ3v) is 7.01. The number of phenols is 1. The summed E-state index contributed by atoms with van der Waals surface area (Å²) >= 11 is 0. The van der Waals surface area contributed by atoms with E-state index in [0.717, 1.165) is 25.7 Å². The van der Waals surface area contributed by atoms with Crippen molar-refractivity contribution in [1.82, 2.24) is 0 Å². The van der Waals surface area contributed by atoms with Gasteiger partial charge in [0.25, 0.3) is 0 Å². The highest BCUT2D eigenvalue weighted by Gasteiger charge is 2.56. The molecule has 0 radical (unpaired) electrons. The van der Waals surface area contributed by atoms with Gasteiger partial charge >= 0.3 is 0 Å². The van der Waals surface area contributed by atoms with Gasteiger partial charge in [0, 0.05) is 0 Å². The molecule has 2 fully saturated rings. The fourth-order valence-corrected chi connectivity index (χ4v) is 5.97. The van der Waals surface area contributed by atoms with E-state index in [9.17, 15) is 10.2 Å². The van der Waals surface area contributed by atoms with Crippen LogP contribution < -0.4 is 0 Å². The van der Waals surface area contributed by atoms with Crippen LogP contribution in [0.25, 0.3) is 0 Å². The summed E-state index contributed by atoms with van der Waals surface area (Å²) in [5, 5.41) is 20.3. The third kappa shape index (κ3) is 1.83. The van der Waals surface area contributed by atoms with Crippen molar-refractivity contribution in [1.29, 1.82) is 0 Å². The molecule has 2 N–H and O–H groups in total. The minimum atomic E-state index is -0.151. The second-order valence-electron chi connectivity index (χ2n) is 7.92. The van der Waals surface area contributed by atoms with E-state index in [4.69, 9.17) is 0 Å².